The first-order valence-corrected chi connectivity index (χ1v) is 8.75. The second-order valence-corrected chi connectivity index (χ2v) is 7.11. The molecule has 1 aliphatic rings. The van der Waals surface area contributed by atoms with Crippen LogP contribution in [0.4, 0.5) is 5.82 Å². The molecule has 0 aromatic carbocycles. The normalized spacial score (nSPS) is 17.4. The maximum absolute atomic E-state index is 11.6. The van der Waals surface area contributed by atoms with Crippen molar-refractivity contribution in [3.05, 3.63) is 12.0 Å². The van der Waals surface area contributed by atoms with Gasteiger partial charge < -0.3 is 10.0 Å². The number of aliphatic carboxylic acids is 1. The average molecular weight is 346 g/mol. The standard InChI is InChI=1S/C17H26N6O2/c1-11(2)9-14(17(24)25)22-5-7-23(8-6-22)16-13-10-18-21(4)15(13)19-12(3)20-16/h10-11,14H,5-9H2,1-4H3,(H,24,25). The molecule has 8 nitrogen and oxygen atoms in total. The van der Waals surface area contributed by atoms with E-state index in [0.717, 1.165) is 35.8 Å². The van der Waals surface area contributed by atoms with Crippen LogP contribution in [0.25, 0.3) is 11.0 Å². The van der Waals surface area contributed by atoms with Gasteiger partial charge in [0.25, 0.3) is 0 Å². The number of carboxylic acids is 1. The summed E-state index contributed by atoms with van der Waals surface area (Å²) in [5, 5.41) is 14.8. The van der Waals surface area contributed by atoms with E-state index in [-0.39, 0.29) is 0 Å². The van der Waals surface area contributed by atoms with Gasteiger partial charge in [0.1, 0.15) is 17.7 Å². The van der Waals surface area contributed by atoms with Crippen LogP contribution in [0.2, 0.25) is 0 Å². The Morgan fingerprint density at radius 3 is 2.52 bits per heavy atom. The van der Waals surface area contributed by atoms with Gasteiger partial charge in [-0.25, -0.2) is 9.97 Å². The zero-order valence-corrected chi connectivity index (χ0v) is 15.3. The molecule has 1 saturated heterocycles. The van der Waals surface area contributed by atoms with E-state index in [0.29, 0.717) is 25.4 Å². The molecule has 3 heterocycles. The van der Waals surface area contributed by atoms with Crippen LogP contribution in [-0.4, -0.2) is 67.9 Å². The number of nitrogens with zero attached hydrogens (tertiary/aromatic N) is 6. The number of carbonyl (C=O) groups is 1. The van der Waals surface area contributed by atoms with Gasteiger partial charge in [-0.2, -0.15) is 5.10 Å². The van der Waals surface area contributed by atoms with E-state index >= 15 is 0 Å². The van der Waals surface area contributed by atoms with Crippen LogP contribution in [0.15, 0.2) is 6.20 Å². The lowest BCUT2D eigenvalue weighted by Gasteiger charge is -2.38. The third-order valence-electron chi connectivity index (χ3n) is 4.72. The van der Waals surface area contributed by atoms with E-state index in [1.165, 1.54) is 0 Å². The van der Waals surface area contributed by atoms with Crippen LogP contribution in [0.1, 0.15) is 26.1 Å². The Hall–Kier alpha value is -2.22. The minimum absolute atomic E-state index is 0.360. The Morgan fingerprint density at radius 1 is 1.24 bits per heavy atom. The Labute approximate surface area is 147 Å². The molecule has 0 bridgehead atoms. The van der Waals surface area contributed by atoms with Gasteiger partial charge in [-0.3, -0.25) is 14.4 Å². The number of fused-ring (bicyclic) bond motifs is 1. The van der Waals surface area contributed by atoms with E-state index in [2.05, 4.69) is 38.7 Å². The Balaban J connectivity index is 1.77. The molecule has 2 aromatic rings. The number of anilines is 1. The number of rotatable bonds is 5. The second kappa shape index (κ2) is 6.95. The van der Waals surface area contributed by atoms with Crippen LogP contribution in [0.3, 0.4) is 0 Å². The number of aryl methyl sites for hydroxylation is 2. The highest BCUT2D eigenvalue weighted by Crippen LogP contribution is 2.25. The summed E-state index contributed by atoms with van der Waals surface area (Å²) in [5.74, 6) is 1.25. The van der Waals surface area contributed by atoms with Crippen molar-refractivity contribution in [2.24, 2.45) is 13.0 Å². The maximum Gasteiger partial charge on any atom is 0.320 e. The highest BCUT2D eigenvalue weighted by atomic mass is 16.4. The Bertz CT molecular complexity index is 764. The van der Waals surface area contributed by atoms with Gasteiger partial charge in [0.2, 0.25) is 0 Å². The first-order chi connectivity index (χ1) is 11.9. The first kappa shape index (κ1) is 17.6. The van der Waals surface area contributed by atoms with Crippen LogP contribution >= 0.6 is 0 Å². The van der Waals surface area contributed by atoms with Crippen LogP contribution < -0.4 is 4.90 Å². The number of aromatic nitrogens is 4. The van der Waals surface area contributed by atoms with Gasteiger partial charge in [0.15, 0.2) is 5.65 Å². The third kappa shape index (κ3) is 3.58. The van der Waals surface area contributed by atoms with E-state index < -0.39 is 12.0 Å². The fraction of sp³-hybridized carbons (Fsp3) is 0.647. The minimum Gasteiger partial charge on any atom is -0.480 e. The van der Waals surface area contributed by atoms with Crippen LogP contribution in [0.5, 0.6) is 0 Å². The molecule has 0 amide bonds. The lowest BCUT2D eigenvalue weighted by Crippen LogP contribution is -2.53. The first-order valence-electron chi connectivity index (χ1n) is 8.75. The van der Waals surface area contributed by atoms with E-state index in [9.17, 15) is 9.90 Å². The fourth-order valence-corrected chi connectivity index (χ4v) is 3.45. The number of carboxylic acid groups (broad SMARTS) is 1. The topological polar surface area (TPSA) is 87.4 Å². The predicted octanol–water partition coefficient (Wildman–Crippen LogP) is 1.29. The molecule has 136 valence electrons. The van der Waals surface area contributed by atoms with Gasteiger partial charge in [0.05, 0.1) is 11.6 Å². The summed E-state index contributed by atoms with van der Waals surface area (Å²) in [6.07, 6.45) is 2.48. The molecule has 8 heteroatoms. The smallest absolute Gasteiger partial charge is 0.320 e. The molecule has 0 saturated carbocycles. The van der Waals surface area contributed by atoms with Crippen molar-refractivity contribution in [3.63, 3.8) is 0 Å². The molecule has 0 aliphatic carbocycles. The zero-order chi connectivity index (χ0) is 18.1. The molecule has 0 radical (unpaired) electrons. The van der Waals surface area contributed by atoms with E-state index in [1.54, 1.807) is 10.9 Å². The van der Waals surface area contributed by atoms with Gasteiger partial charge in [-0.15, -0.1) is 0 Å². The van der Waals surface area contributed by atoms with Crippen molar-refractivity contribution >= 4 is 22.8 Å². The van der Waals surface area contributed by atoms with Crippen molar-refractivity contribution < 1.29 is 9.90 Å². The molecule has 1 N–H and O–H groups in total. The summed E-state index contributed by atoms with van der Waals surface area (Å²) in [5.41, 5.74) is 0.827. The molecule has 1 unspecified atom stereocenters. The quantitative estimate of drug-likeness (QED) is 0.873. The molecule has 3 rings (SSSR count). The van der Waals surface area contributed by atoms with Crippen molar-refractivity contribution in [2.45, 2.75) is 33.2 Å². The Morgan fingerprint density at radius 2 is 1.92 bits per heavy atom. The molecule has 1 atom stereocenters. The molecule has 0 spiro atoms. The molecule has 1 aliphatic heterocycles. The van der Waals surface area contributed by atoms with E-state index in [4.69, 9.17) is 0 Å². The summed E-state index contributed by atoms with van der Waals surface area (Å²) < 4.78 is 1.76. The van der Waals surface area contributed by atoms with Gasteiger partial charge >= 0.3 is 5.97 Å². The number of piperazine rings is 1. The van der Waals surface area contributed by atoms with Crippen LogP contribution in [-0.2, 0) is 11.8 Å². The average Bonchev–Trinajstić information content (AvgIpc) is 2.93. The van der Waals surface area contributed by atoms with E-state index in [1.807, 2.05) is 14.0 Å². The number of hydrogen-bond acceptors (Lipinski definition) is 6. The summed E-state index contributed by atoms with van der Waals surface area (Å²) in [7, 11) is 1.87. The van der Waals surface area contributed by atoms with Gasteiger partial charge in [0, 0.05) is 33.2 Å². The van der Waals surface area contributed by atoms with Crippen molar-refractivity contribution in [1.29, 1.82) is 0 Å². The maximum atomic E-state index is 11.6. The molecule has 2 aromatic heterocycles. The minimum atomic E-state index is -0.727. The predicted molar refractivity (Wildman–Crippen MR) is 95.7 cm³/mol. The Kier molecular flexibility index (Phi) is 4.89. The van der Waals surface area contributed by atoms with Crippen molar-refractivity contribution in [1.82, 2.24) is 24.6 Å². The van der Waals surface area contributed by atoms with Crippen LogP contribution in [0, 0.1) is 12.8 Å². The monoisotopic (exact) mass is 346 g/mol. The van der Waals surface area contributed by atoms with Crippen molar-refractivity contribution in [3.8, 4) is 0 Å². The van der Waals surface area contributed by atoms with Gasteiger partial charge in [-0.1, -0.05) is 13.8 Å². The summed E-state index contributed by atoms with van der Waals surface area (Å²) in [4.78, 5) is 25.0. The summed E-state index contributed by atoms with van der Waals surface area (Å²) >= 11 is 0. The summed E-state index contributed by atoms with van der Waals surface area (Å²) in [6.45, 7) is 8.95. The van der Waals surface area contributed by atoms with Gasteiger partial charge in [-0.05, 0) is 19.3 Å². The highest BCUT2D eigenvalue weighted by molar-refractivity contribution is 5.87. The molecular weight excluding hydrogens is 320 g/mol. The lowest BCUT2D eigenvalue weighted by atomic mass is 10.0. The van der Waals surface area contributed by atoms with Crippen molar-refractivity contribution in [2.75, 3.05) is 31.1 Å². The molecule has 1 fully saturated rings. The fourth-order valence-electron chi connectivity index (χ4n) is 3.45. The lowest BCUT2D eigenvalue weighted by molar-refractivity contribution is -0.144. The molecule has 25 heavy (non-hydrogen) atoms. The zero-order valence-electron chi connectivity index (χ0n) is 15.3. The summed E-state index contributed by atoms with van der Waals surface area (Å²) in [6, 6.07) is -0.410. The SMILES string of the molecule is Cc1nc(N2CCN(C(CC(C)C)C(=O)O)CC2)c2cnn(C)c2n1. The highest BCUT2D eigenvalue weighted by Gasteiger charge is 2.30. The number of hydrogen-bond donors (Lipinski definition) is 1. The molecular formula is C17H26N6O2. The third-order valence-corrected chi connectivity index (χ3v) is 4.72. The second-order valence-electron chi connectivity index (χ2n) is 7.11. The largest absolute Gasteiger partial charge is 0.480 e.